The zero-order valence-corrected chi connectivity index (χ0v) is 15.0. The van der Waals surface area contributed by atoms with Gasteiger partial charge in [0.25, 0.3) is 5.91 Å². The van der Waals surface area contributed by atoms with Crippen LogP contribution in [-0.4, -0.2) is 26.7 Å². The van der Waals surface area contributed by atoms with E-state index < -0.39 is 0 Å². The van der Waals surface area contributed by atoms with Crippen LogP contribution in [0, 0.1) is 0 Å². The molecule has 0 aliphatic rings. The molecule has 0 spiro atoms. The first-order valence-electron chi connectivity index (χ1n) is 8.44. The normalized spacial score (nSPS) is 10.2. The Morgan fingerprint density at radius 1 is 0.960 bits per heavy atom. The van der Waals surface area contributed by atoms with Crippen molar-refractivity contribution in [1.29, 1.82) is 0 Å². The average Bonchev–Trinajstić information content (AvgIpc) is 2.66. The Balaban J connectivity index is 1.99. The third kappa shape index (κ3) is 5.41. The van der Waals surface area contributed by atoms with Gasteiger partial charge in [0.1, 0.15) is 17.2 Å². The number of rotatable bonds is 9. The summed E-state index contributed by atoms with van der Waals surface area (Å²) in [5, 5.41) is 2.85. The minimum atomic E-state index is -0.207. The van der Waals surface area contributed by atoms with Gasteiger partial charge in [-0.2, -0.15) is 0 Å². The number of ether oxygens (including phenoxy) is 3. The lowest BCUT2D eigenvalue weighted by atomic mass is 10.2. The maximum absolute atomic E-state index is 12.4. The number of carbonyl (C=O) groups is 1. The highest BCUT2D eigenvalue weighted by Gasteiger charge is 2.11. The van der Waals surface area contributed by atoms with Crippen LogP contribution in [0.15, 0.2) is 42.5 Å². The number of hydrogen-bond acceptors (Lipinski definition) is 4. The van der Waals surface area contributed by atoms with E-state index in [-0.39, 0.29) is 5.91 Å². The van der Waals surface area contributed by atoms with E-state index in [1.807, 2.05) is 12.1 Å². The Kier molecular flexibility index (Phi) is 7.14. The van der Waals surface area contributed by atoms with Crippen LogP contribution < -0.4 is 19.5 Å². The zero-order chi connectivity index (χ0) is 18.1. The van der Waals surface area contributed by atoms with Crippen molar-refractivity contribution in [2.45, 2.75) is 26.2 Å². The fourth-order valence-corrected chi connectivity index (χ4v) is 2.34. The van der Waals surface area contributed by atoms with Crippen molar-refractivity contribution < 1.29 is 19.0 Å². The average molecular weight is 343 g/mol. The van der Waals surface area contributed by atoms with Crippen LogP contribution in [0.3, 0.4) is 0 Å². The van der Waals surface area contributed by atoms with Crippen molar-refractivity contribution in [3.63, 3.8) is 0 Å². The maximum Gasteiger partial charge on any atom is 0.255 e. The molecule has 0 unspecified atom stereocenters. The number of anilines is 1. The molecule has 1 amide bonds. The number of nitrogens with one attached hydrogen (secondary N) is 1. The van der Waals surface area contributed by atoms with Crippen molar-refractivity contribution in [2.75, 3.05) is 26.1 Å². The molecular weight excluding hydrogens is 318 g/mol. The summed E-state index contributed by atoms with van der Waals surface area (Å²) in [5.74, 6) is 1.78. The SMILES string of the molecule is CCCCCOc1ccc(C(=O)Nc2ccc(OC)cc2OC)cc1. The molecule has 0 aliphatic heterocycles. The van der Waals surface area contributed by atoms with E-state index in [9.17, 15) is 4.79 Å². The molecular formula is C20H25NO4. The first-order valence-corrected chi connectivity index (χ1v) is 8.44. The van der Waals surface area contributed by atoms with E-state index in [2.05, 4.69) is 12.2 Å². The Hall–Kier alpha value is -2.69. The molecule has 1 N–H and O–H groups in total. The minimum absolute atomic E-state index is 0.207. The van der Waals surface area contributed by atoms with Crippen molar-refractivity contribution in [1.82, 2.24) is 0 Å². The second-order valence-electron chi connectivity index (χ2n) is 5.60. The Morgan fingerprint density at radius 3 is 2.32 bits per heavy atom. The molecule has 2 rings (SSSR count). The van der Waals surface area contributed by atoms with Crippen LogP contribution in [0.5, 0.6) is 17.2 Å². The Bertz CT molecular complexity index is 683. The third-order valence-corrected chi connectivity index (χ3v) is 3.79. The maximum atomic E-state index is 12.4. The van der Waals surface area contributed by atoms with E-state index >= 15 is 0 Å². The number of benzene rings is 2. The van der Waals surface area contributed by atoms with Gasteiger partial charge in [0, 0.05) is 11.6 Å². The van der Waals surface area contributed by atoms with Gasteiger partial charge in [-0.25, -0.2) is 0 Å². The molecule has 5 nitrogen and oxygen atoms in total. The summed E-state index contributed by atoms with van der Waals surface area (Å²) in [7, 11) is 3.13. The van der Waals surface area contributed by atoms with E-state index in [4.69, 9.17) is 14.2 Å². The van der Waals surface area contributed by atoms with Gasteiger partial charge < -0.3 is 19.5 Å². The molecule has 0 atom stereocenters. The standard InChI is InChI=1S/C20H25NO4/c1-4-5-6-13-25-16-9-7-15(8-10-16)20(22)21-18-12-11-17(23-2)14-19(18)24-3/h7-12,14H,4-6,13H2,1-3H3,(H,21,22). The van der Waals surface area contributed by atoms with Crippen LogP contribution in [0.4, 0.5) is 5.69 Å². The van der Waals surface area contributed by atoms with Gasteiger partial charge in [-0.3, -0.25) is 4.79 Å². The zero-order valence-electron chi connectivity index (χ0n) is 15.0. The highest BCUT2D eigenvalue weighted by atomic mass is 16.5. The van der Waals surface area contributed by atoms with Gasteiger partial charge in [-0.15, -0.1) is 0 Å². The van der Waals surface area contributed by atoms with Gasteiger partial charge in [0.05, 0.1) is 26.5 Å². The van der Waals surface area contributed by atoms with Crippen LogP contribution >= 0.6 is 0 Å². The van der Waals surface area contributed by atoms with Crippen molar-refractivity contribution in [2.24, 2.45) is 0 Å². The molecule has 2 aromatic rings. The van der Waals surface area contributed by atoms with Gasteiger partial charge in [-0.1, -0.05) is 19.8 Å². The minimum Gasteiger partial charge on any atom is -0.497 e. The topological polar surface area (TPSA) is 56.8 Å². The summed E-state index contributed by atoms with van der Waals surface area (Å²) in [5.41, 5.74) is 1.15. The predicted octanol–water partition coefficient (Wildman–Crippen LogP) is 4.53. The summed E-state index contributed by atoms with van der Waals surface area (Å²) in [6, 6.07) is 12.4. The molecule has 134 valence electrons. The molecule has 5 heteroatoms. The van der Waals surface area contributed by atoms with Gasteiger partial charge >= 0.3 is 0 Å². The lowest BCUT2D eigenvalue weighted by molar-refractivity contribution is 0.102. The second-order valence-corrected chi connectivity index (χ2v) is 5.60. The Morgan fingerprint density at radius 2 is 1.68 bits per heavy atom. The fraction of sp³-hybridized carbons (Fsp3) is 0.350. The fourth-order valence-electron chi connectivity index (χ4n) is 2.34. The summed E-state index contributed by atoms with van der Waals surface area (Å²) >= 11 is 0. The van der Waals surface area contributed by atoms with Crippen molar-refractivity contribution >= 4 is 11.6 Å². The van der Waals surface area contributed by atoms with E-state index in [0.717, 1.165) is 25.0 Å². The van der Waals surface area contributed by atoms with Crippen molar-refractivity contribution in [3.05, 3.63) is 48.0 Å². The third-order valence-electron chi connectivity index (χ3n) is 3.79. The lowest BCUT2D eigenvalue weighted by Crippen LogP contribution is -2.12. The second kappa shape index (κ2) is 9.57. The smallest absolute Gasteiger partial charge is 0.255 e. The number of amides is 1. The molecule has 0 saturated carbocycles. The summed E-state index contributed by atoms with van der Waals surface area (Å²) in [4.78, 5) is 12.4. The van der Waals surface area contributed by atoms with Gasteiger partial charge in [0.15, 0.2) is 0 Å². The largest absolute Gasteiger partial charge is 0.497 e. The highest BCUT2D eigenvalue weighted by Crippen LogP contribution is 2.29. The number of unbranched alkanes of at least 4 members (excludes halogenated alkanes) is 2. The molecule has 0 radical (unpaired) electrons. The van der Waals surface area contributed by atoms with Crippen molar-refractivity contribution in [3.8, 4) is 17.2 Å². The van der Waals surface area contributed by atoms with E-state index in [0.29, 0.717) is 29.4 Å². The summed E-state index contributed by atoms with van der Waals surface area (Å²) in [6.07, 6.45) is 3.36. The highest BCUT2D eigenvalue weighted by molar-refractivity contribution is 6.05. The molecule has 25 heavy (non-hydrogen) atoms. The first-order chi connectivity index (χ1) is 12.2. The quantitative estimate of drug-likeness (QED) is 0.680. The first kappa shape index (κ1) is 18.6. The van der Waals surface area contributed by atoms with E-state index in [1.54, 1.807) is 44.6 Å². The monoisotopic (exact) mass is 343 g/mol. The number of carbonyl (C=O) groups excluding carboxylic acids is 1. The molecule has 2 aromatic carbocycles. The molecule has 0 bridgehead atoms. The van der Waals surface area contributed by atoms with Crippen LogP contribution in [0.1, 0.15) is 36.5 Å². The molecule has 0 saturated heterocycles. The lowest BCUT2D eigenvalue weighted by Gasteiger charge is -2.12. The number of hydrogen-bond donors (Lipinski definition) is 1. The molecule has 0 aliphatic carbocycles. The summed E-state index contributed by atoms with van der Waals surface area (Å²) in [6.45, 7) is 2.85. The number of methoxy groups -OCH3 is 2. The van der Waals surface area contributed by atoms with Gasteiger partial charge in [-0.05, 0) is 42.8 Å². The Labute approximate surface area is 148 Å². The van der Waals surface area contributed by atoms with Gasteiger partial charge in [0.2, 0.25) is 0 Å². The molecule has 0 heterocycles. The van der Waals surface area contributed by atoms with Crippen LogP contribution in [0.25, 0.3) is 0 Å². The van der Waals surface area contributed by atoms with Crippen LogP contribution in [-0.2, 0) is 0 Å². The summed E-state index contributed by atoms with van der Waals surface area (Å²) < 4.78 is 16.1. The van der Waals surface area contributed by atoms with Crippen LogP contribution in [0.2, 0.25) is 0 Å². The molecule has 0 fully saturated rings. The molecule has 0 aromatic heterocycles. The van der Waals surface area contributed by atoms with E-state index in [1.165, 1.54) is 0 Å². The predicted molar refractivity (Wildman–Crippen MR) is 99.0 cm³/mol.